The Bertz CT molecular complexity index is 622. The molecule has 156 valence electrons. The summed E-state index contributed by atoms with van der Waals surface area (Å²) in [5, 5.41) is 0. The van der Waals surface area contributed by atoms with Gasteiger partial charge in [-0.05, 0) is 64.0 Å². The zero-order valence-corrected chi connectivity index (χ0v) is 18.2. The summed E-state index contributed by atoms with van der Waals surface area (Å²) in [7, 11) is 2.23. The van der Waals surface area contributed by atoms with Crippen LogP contribution in [0.25, 0.3) is 0 Å². The first kappa shape index (κ1) is 21.3. The molecule has 0 spiro atoms. The minimum Gasteiger partial charge on any atom is -0.312 e. The number of amides is 1. The summed E-state index contributed by atoms with van der Waals surface area (Å²) in [6.45, 7) is 9.43. The Morgan fingerprint density at radius 2 is 1.57 bits per heavy atom. The summed E-state index contributed by atoms with van der Waals surface area (Å²) in [5.74, 6) is 0.293. The molecule has 3 rings (SSSR count). The van der Waals surface area contributed by atoms with Crippen LogP contribution in [-0.2, 0) is 11.3 Å². The largest absolute Gasteiger partial charge is 0.312 e. The monoisotopic (exact) mass is 385 g/mol. The van der Waals surface area contributed by atoms with E-state index in [1.165, 1.54) is 63.7 Å². The molecule has 4 nitrogen and oxygen atoms in total. The van der Waals surface area contributed by atoms with E-state index in [0.717, 1.165) is 25.2 Å². The van der Waals surface area contributed by atoms with E-state index in [4.69, 9.17) is 0 Å². The van der Waals surface area contributed by atoms with Gasteiger partial charge in [0.2, 0.25) is 5.91 Å². The highest BCUT2D eigenvalue weighted by molar-refractivity contribution is 5.95. The Balaban J connectivity index is 1.87. The van der Waals surface area contributed by atoms with Gasteiger partial charge < -0.3 is 9.80 Å². The van der Waals surface area contributed by atoms with E-state index < -0.39 is 0 Å². The first-order valence-corrected chi connectivity index (χ1v) is 11.4. The highest BCUT2D eigenvalue weighted by atomic mass is 16.2. The number of fused-ring (bicyclic) bond motifs is 1. The summed E-state index contributed by atoms with van der Waals surface area (Å²) in [5.41, 5.74) is 2.45. The maximum absolute atomic E-state index is 13.0. The summed E-state index contributed by atoms with van der Waals surface area (Å²) < 4.78 is 0. The Hall–Kier alpha value is -1.39. The highest BCUT2D eigenvalue weighted by Crippen LogP contribution is 2.28. The van der Waals surface area contributed by atoms with Crippen LogP contribution < -0.4 is 4.90 Å². The number of anilines is 1. The lowest BCUT2D eigenvalue weighted by atomic mass is 10.00. The number of nitrogens with zero attached hydrogens (tertiary/aromatic N) is 3. The van der Waals surface area contributed by atoms with Crippen LogP contribution >= 0.6 is 0 Å². The van der Waals surface area contributed by atoms with Crippen LogP contribution in [0.15, 0.2) is 24.3 Å². The number of carbonyl (C=O) groups is 1. The topological polar surface area (TPSA) is 26.8 Å². The minimum atomic E-state index is 0.0333. The van der Waals surface area contributed by atoms with E-state index in [9.17, 15) is 4.79 Å². The highest BCUT2D eigenvalue weighted by Gasteiger charge is 2.26. The predicted molar refractivity (Wildman–Crippen MR) is 118 cm³/mol. The van der Waals surface area contributed by atoms with Gasteiger partial charge in [-0.3, -0.25) is 9.69 Å². The maximum atomic E-state index is 13.0. The predicted octanol–water partition coefficient (Wildman–Crippen LogP) is 4.54. The number of likely N-dealkylation sites (tertiary alicyclic amines) is 1. The normalized spacial score (nSPS) is 21.8. The van der Waals surface area contributed by atoms with Crippen LogP contribution in [0.4, 0.5) is 5.69 Å². The van der Waals surface area contributed by atoms with Crippen molar-refractivity contribution < 1.29 is 4.79 Å². The Morgan fingerprint density at radius 1 is 0.929 bits per heavy atom. The minimum absolute atomic E-state index is 0.0333. The molecular formula is C24H39N3O. The second kappa shape index (κ2) is 10.4. The van der Waals surface area contributed by atoms with E-state index in [-0.39, 0.29) is 11.8 Å². The Morgan fingerprint density at radius 3 is 2.29 bits per heavy atom. The summed E-state index contributed by atoms with van der Waals surface area (Å²) in [4.78, 5) is 20.2. The van der Waals surface area contributed by atoms with Crippen molar-refractivity contribution in [2.75, 3.05) is 38.1 Å². The van der Waals surface area contributed by atoms with Gasteiger partial charge in [0.25, 0.3) is 0 Å². The van der Waals surface area contributed by atoms with Crippen molar-refractivity contribution in [2.45, 2.75) is 71.4 Å². The molecule has 2 aliphatic rings. The number of carbonyl (C=O) groups excluding carboxylic acids is 1. The zero-order valence-electron chi connectivity index (χ0n) is 18.2. The molecule has 4 heteroatoms. The van der Waals surface area contributed by atoms with Crippen molar-refractivity contribution in [3.63, 3.8) is 0 Å². The number of hydrogen-bond acceptors (Lipinski definition) is 3. The van der Waals surface area contributed by atoms with E-state index in [0.29, 0.717) is 6.04 Å². The maximum Gasteiger partial charge on any atom is 0.229 e. The van der Waals surface area contributed by atoms with Gasteiger partial charge in [-0.25, -0.2) is 0 Å². The average Bonchev–Trinajstić information content (AvgIpc) is 2.69. The van der Waals surface area contributed by atoms with Crippen molar-refractivity contribution in [1.82, 2.24) is 9.80 Å². The zero-order chi connectivity index (χ0) is 19.9. The second-order valence-corrected chi connectivity index (χ2v) is 9.05. The lowest BCUT2D eigenvalue weighted by molar-refractivity contribution is -0.121. The van der Waals surface area contributed by atoms with Crippen molar-refractivity contribution in [3.8, 4) is 0 Å². The van der Waals surface area contributed by atoms with Gasteiger partial charge in [-0.1, -0.05) is 51.3 Å². The fourth-order valence-electron chi connectivity index (χ4n) is 4.65. The molecule has 1 fully saturated rings. The van der Waals surface area contributed by atoms with Crippen molar-refractivity contribution in [2.24, 2.45) is 5.92 Å². The molecule has 0 atom stereocenters. The Kier molecular flexibility index (Phi) is 7.92. The van der Waals surface area contributed by atoms with Crippen LogP contribution in [0.1, 0.15) is 64.4 Å². The van der Waals surface area contributed by atoms with E-state index >= 15 is 0 Å². The van der Waals surface area contributed by atoms with E-state index in [1.807, 2.05) is 13.8 Å². The molecule has 0 saturated carbocycles. The van der Waals surface area contributed by atoms with Crippen LogP contribution in [-0.4, -0.2) is 55.0 Å². The lowest BCUT2D eigenvalue weighted by Crippen LogP contribution is -2.44. The third kappa shape index (κ3) is 5.57. The molecule has 1 amide bonds. The van der Waals surface area contributed by atoms with Gasteiger partial charge in [0.1, 0.15) is 0 Å². The summed E-state index contributed by atoms with van der Waals surface area (Å²) >= 11 is 0. The first-order chi connectivity index (χ1) is 13.6. The molecule has 2 aliphatic heterocycles. The fraction of sp³-hybridized carbons (Fsp3) is 0.708. The fourth-order valence-corrected chi connectivity index (χ4v) is 4.65. The van der Waals surface area contributed by atoms with Crippen LogP contribution in [0, 0.1) is 5.92 Å². The van der Waals surface area contributed by atoms with E-state index in [1.54, 1.807) is 0 Å². The van der Waals surface area contributed by atoms with Crippen molar-refractivity contribution in [1.29, 1.82) is 0 Å². The molecule has 0 radical (unpaired) electrons. The quantitative estimate of drug-likeness (QED) is 0.748. The van der Waals surface area contributed by atoms with Gasteiger partial charge in [-0.2, -0.15) is 0 Å². The van der Waals surface area contributed by atoms with E-state index in [2.05, 4.69) is 46.0 Å². The molecule has 1 saturated heterocycles. The molecule has 2 heterocycles. The third-order valence-electron chi connectivity index (χ3n) is 6.45. The van der Waals surface area contributed by atoms with Crippen molar-refractivity contribution in [3.05, 3.63) is 29.8 Å². The van der Waals surface area contributed by atoms with Crippen LogP contribution in [0.5, 0.6) is 0 Å². The Labute approximate surface area is 171 Å². The molecule has 0 aliphatic carbocycles. The molecular weight excluding hydrogens is 346 g/mol. The number of piperidine rings is 1. The van der Waals surface area contributed by atoms with Gasteiger partial charge in [0.05, 0.1) is 0 Å². The average molecular weight is 386 g/mol. The standard InChI is InChI=1S/C24H39N3O/c1-20(2)24(28)27-16-10-6-4-5-9-15-26(22-13-17-25(3)18-14-22)19-21-11-7-8-12-23(21)27/h7-8,11-12,20,22H,4-6,9-10,13-19H2,1-3H3. The summed E-state index contributed by atoms with van der Waals surface area (Å²) in [6, 6.07) is 9.29. The first-order valence-electron chi connectivity index (χ1n) is 11.4. The second-order valence-electron chi connectivity index (χ2n) is 9.05. The SMILES string of the molecule is CC(C)C(=O)N1CCCCCCCN(C2CCN(C)CC2)Cc2ccccc21. The van der Waals surface area contributed by atoms with Crippen molar-refractivity contribution >= 4 is 11.6 Å². The smallest absolute Gasteiger partial charge is 0.229 e. The number of hydrogen-bond donors (Lipinski definition) is 0. The molecule has 0 N–H and O–H groups in total. The van der Waals surface area contributed by atoms with Gasteiger partial charge >= 0.3 is 0 Å². The molecule has 1 aromatic rings. The molecule has 1 aromatic carbocycles. The van der Waals surface area contributed by atoms with Gasteiger partial charge in [-0.15, -0.1) is 0 Å². The number of benzene rings is 1. The third-order valence-corrected chi connectivity index (χ3v) is 6.45. The molecule has 0 aromatic heterocycles. The lowest BCUT2D eigenvalue weighted by Gasteiger charge is -2.38. The molecule has 0 bridgehead atoms. The van der Waals surface area contributed by atoms with Crippen LogP contribution in [0.3, 0.4) is 0 Å². The van der Waals surface area contributed by atoms with Gasteiger partial charge in [0.15, 0.2) is 0 Å². The summed E-state index contributed by atoms with van der Waals surface area (Å²) in [6.07, 6.45) is 8.73. The molecule has 28 heavy (non-hydrogen) atoms. The van der Waals surface area contributed by atoms with Crippen LogP contribution in [0.2, 0.25) is 0 Å². The van der Waals surface area contributed by atoms with Gasteiger partial charge in [0, 0.05) is 30.7 Å². The number of para-hydroxylation sites is 1. The number of rotatable bonds is 2. The molecule has 0 unspecified atom stereocenters.